The lowest BCUT2D eigenvalue weighted by molar-refractivity contribution is -0.122. The number of hydrogen-bond acceptors (Lipinski definition) is 6. The number of benzene rings is 2. The van der Waals surface area contributed by atoms with E-state index in [-0.39, 0.29) is 30.3 Å². The summed E-state index contributed by atoms with van der Waals surface area (Å²) in [5.41, 5.74) is 0.586. The number of nitrogens with zero attached hydrogens (tertiary/aromatic N) is 1. The minimum Gasteiger partial charge on any atom is -0.493 e. The molecule has 0 unspecified atom stereocenters. The highest BCUT2D eigenvalue weighted by molar-refractivity contribution is 6.04. The first-order valence-corrected chi connectivity index (χ1v) is 9.33. The van der Waals surface area contributed by atoms with E-state index in [2.05, 4.69) is 10.1 Å². The third-order valence-electron chi connectivity index (χ3n) is 4.82. The summed E-state index contributed by atoms with van der Waals surface area (Å²) in [5, 5.41) is 2.57. The molecule has 2 aromatic carbocycles. The van der Waals surface area contributed by atoms with Crippen molar-refractivity contribution in [1.29, 1.82) is 0 Å². The Morgan fingerprint density at radius 3 is 2.29 bits per heavy atom. The van der Waals surface area contributed by atoms with Gasteiger partial charge in [-0.15, -0.1) is 0 Å². The number of hydrogen-bond donors (Lipinski definition) is 1. The van der Waals surface area contributed by atoms with Crippen LogP contribution in [0.2, 0.25) is 0 Å². The summed E-state index contributed by atoms with van der Waals surface area (Å²) >= 11 is 0. The molecule has 2 amide bonds. The molecule has 1 N–H and O–H groups in total. The van der Waals surface area contributed by atoms with E-state index < -0.39 is 18.4 Å². The number of carbonyl (C=O) groups excluding carboxylic acids is 2. The van der Waals surface area contributed by atoms with Crippen molar-refractivity contribution in [1.82, 2.24) is 0 Å². The van der Waals surface area contributed by atoms with Crippen molar-refractivity contribution in [3.8, 4) is 23.0 Å². The lowest BCUT2D eigenvalue weighted by Gasteiger charge is -2.20. The predicted octanol–water partition coefficient (Wildman–Crippen LogP) is 3.31. The number of ether oxygens (including phenoxy) is 4. The van der Waals surface area contributed by atoms with E-state index in [9.17, 15) is 18.4 Å². The van der Waals surface area contributed by atoms with Gasteiger partial charge < -0.3 is 29.2 Å². The summed E-state index contributed by atoms with van der Waals surface area (Å²) < 4.78 is 45.5. The van der Waals surface area contributed by atoms with Crippen molar-refractivity contribution >= 4 is 23.2 Å². The molecule has 1 aliphatic rings. The van der Waals surface area contributed by atoms with Crippen LogP contribution in [0.25, 0.3) is 0 Å². The molecule has 0 radical (unpaired) electrons. The van der Waals surface area contributed by atoms with Crippen molar-refractivity contribution in [2.24, 2.45) is 5.92 Å². The van der Waals surface area contributed by atoms with Gasteiger partial charge in [0.2, 0.25) is 17.6 Å². The normalized spacial score (nSPS) is 15.7. The largest absolute Gasteiger partial charge is 0.493 e. The Labute approximate surface area is 177 Å². The van der Waals surface area contributed by atoms with Gasteiger partial charge in [0.05, 0.1) is 38.6 Å². The van der Waals surface area contributed by atoms with Gasteiger partial charge in [-0.3, -0.25) is 9.59 Å². The van der Waals surface area contributed by atoms with Crippen LogP contribution in [0, 0.1) is 5.92 Å². The number of methoxy groups -OCH3 is 3. The number of rotatable bonds is 8. The van der Waals surface area contributed by atoms with Crippen LogP contribution in [0.4, 0.5) is 20.2 Å². The number of para-hydroxylation sites is 2. The molecule has 166 valence electrons. The number of anilines is 2. The SMILES string of the molecule is COc1cc(N2C[C@H](C(=O)Nc3ccccc3OC(F)F)CC2=O)cc(OC)c1OC. The monoisotopic (exact) mass is 436 g/mol. The summed E-state index contributed by atoms with van der Waals surface area (Å²) in [6, 6.07) is 9.10. The molecule has 3 rings (SSSR count). The van der Waals surface area contributed by atoms with Crippen LogP contribution in [0.3, 0.4) is 0 Å². The molecule has 2 aromatic rings. The highest BCUT2D eigenvalue weighted by Gasteiger charge is 2.36. The molecule has 1 aliphatic heterocycles. The first-order valence-electron chi connectivity index (χ1n) is 9.33. The second-order valence-electron chi connectivity index (χ2n) is 6.65. The first-order chi connectivity index (χ1) is 14.9. The van der Waals surface area contributed by atoms with Crippen LogP contribution >= 0.6 is 0 Å². The highest BCUT2D eigenvalue weighted by atomic mass is 19.3. The van der Waals surface area contributed by atoms with E-state index in [1.807, 2.05) is 0 Å². The van der Waals surface area contributed by atoms with Crippen molar-refractivity contribution in [3.05, 3.63) is 36.4 Å². The fourth-order valence-corrected chi connectivity index (χ4v) is 3.36. The van der Waals surface area contributed by atoms with Crippen LogP contribution < -0.4 is 29.2 Å². The summed E-state index contributed by atoms with van der Waals surface area (Å²) in [6.07, 6.45) is -0.0413. The molecular weight excluding hydrogens is 414 g/mol. The molecular formula is C21H22F2N2O6. The Bertz CT molecular complexity index is 944. The third kappa shape index (κ3) is 4.79. The van der Waals surface area contributed by atoms with Gasteiger partial charge in [-0.05, 0) is 12.1 Å². The van der Waals surface area contributed by atoms with E-state index in [1.165, 1.54) is 44.4 Å². The Morgan fingerprint density at radius 1 is 1.06 bits per heavy atom. The fraction of sp³-hybridized carbons (Fsp3) is 0.333. The lowest BCUT2D eigenvalue weighted by atomic mass is 10.1. The Morgan fingerprint density at radius 2 is 1.71 bits per heavy atom. The third-order valence-corrected chi connectivity index (χ3v) is 4.82. The van der Waals surface area contributed by atoms with Gasteiger partial charge in [-0.25, -0.2) is 0 Å². The van der Waals surface area contributed by atoms with Gasteiger partial charge in [-0.2, -0.15) is 8.78 Å². The van der Waals surface area contributed by atoms with Crippen LogP contribution in [-0.2, 0) is 9.59 Å². The highest BCUT2D eigenvalue weighted by Crippen LogP contribution is 2.42. The average Bonchev–Trinajstić information content (AvgIpc) is 3.15. The lowest BCUT2D eigenvalue weighted by Crippen LogP contribution is -2.28. The predicted molar refractivity (Wildman–Crippen MR) is 108 cm³/mol. The average molecular weight is 436 g/mol. The smallest absolute Gasteiger partial charge is 0.387 e. The van der Waals surface area contributed by atoms with Crippen molar-refractivity contribution < 1.29 is 37.3 Å². The minimum absolute atomic E-state index is 0.0413. The van der Waals surface area contributed by atoms with E-state index in [0.717, 1.165) is 0 Å². The summed E-state index contributed by atoms with van der Waals surface area (Å²) in [5.74, 6) is -0.473. The number of amides is 2. The summed E-state index contributed by atoms with van der Waals surface area (Å²) in [4.78, 5) is 26.8. The van der Waals surface area contributed by atoms with Crippen molar-refractivity contribution in [3.63, 3.8) is 0 Å². The van der Waals surface area contributed by atoms with Crippen LogP contribution in [-0.4, -0.2) is 46.3 Å². The zero-order valence-corrected chi connectivity index (χ0v) is 17.2. The van der Waals surface area contributed by atoms with E-state index in [0.29, 0.717) is 22.9 Å². The van der Waals surface area contributed by atoms with Gasteiger partial charge in [0.1, 0.15) is 5.75 Å². The Kier molecular flexibility index (Phi) is 6.78. The van der Waals surface area contributed by atoms with Crippen LogP contribution in [0.15, 0.2) is 36.4 Å². The van der Waals surface area contributed by atoms with Gasteiger partial charge in [0.25, 0.3) is 0 Å². The molecule has 0 bridgehead atoms. The molecule has 31 heavy (non-hydrogen) atoms. The van der Waals surface area contributed by atoms with E-state index >= 15 is 0 Å². The molecule has 0 aliphatic carbocycles. The maximum absolute atomic E-state index is 12.7. The van der Waals surface area contributed by atoms with Crippen molar-refractivity contribution in [2.45, 2.75) is 13.0 Å². The maximum atomic E-state index is 12.7. The molecule has 10 heteroatoms. The van der Waals surface area contributed by atoms with Gasteiger partial charge in [-0.1, -0.05) is 12.1 Å². The van der Waals surface area contributed by atoms with Gasteiger partial charge >= 0.3 is 6.61 Å². The van der Waals surface area contributed by atoms with E-state index in [4.69, 9.17) is 14.2 Å². The molecule has 1 atom stereocenters. The van der Waals surface area contributed by atoms with Gasteiger partial charge in [0, 0.05) is 25.1 Å². The zero-order valence-electron chi connectivity index (χ0n) is 17.2. The Hall–Kier alpha value is -3.56. The number of nitrogens with one attached hydrogen (secondary N) is 1. The molecule has 0 saturated carbocycles. The second kappa shape index (κ2) is 9.50. The Balaban J connectivity index is 1.79. The van der Waals surface area contributed by atoms with Crippen molar-refractivity contribution in [2.75, 3.05) is 38.1 Å². The van der Waals surface area contributed by atoms with E-state index in [1.54, 1.807) is 18.2 Å². The van der Waals surface area contributed by atoms with Crippen LogP contribution in [0.1, 0.15) is 6.42 Å². The molecule has 1 fully saturated rings. The second-order valence-corrected chi connectivity index (χ2v) is 6.65. The first kappa shape index (κ1) is 22.1. The zero-order chi connectivity index (χ0) is 22.5. The van der Waals surface area contributed by atoms with Crippen LogP contribution in [0.5, 0.6) is 23.0 Å². The molecule has 1 saturated heterocycles. The molecule has 0 aromatic heterocycles. The van der Waals surface area contributed by atoms with Gasteiger partial charge in [0.15, 0.2) is 11.5 Å². The molecule has 0 spiro atoms. The molecule has 8 nitrogen and oxygen atoms in total. The topological polar surface area (TPSA) is 86.3 Å². The maximum Gasteiger partial charge on any atom is 0.387 e. The number of alkyl halides is 2. The molecule has 1 heterocycles. The summed E-state index contributed by atoms with van der Waals surface area (Å²) in [7, 11) is 4.39. The number of halogens is 2. The fourth-order valence-electron chi connectivity index (χ4n) is 3.36. The standard InChI is InChI=1S/C21H22F2N2O6/c1-28-16-9-13(10-17(29-2)19(16)30-3)25-11-12(8-18(25)26)20(27)24-14-6-4-5-7-15(14)31-21(22)23/h4-7,9-10,12,21H,8,11H2,1-3H3,(H,24,27)/t12-/m1/s1. The summed E-state index contributed by atoms with van der Waals surface area (Å²) in [6.45, 7) is -2.93. The quantitative estimate of drug-likeness (QED) is 0.684. The minimum atomic E-state index is -3.03. The number of carbonyl (C=O) groups is 2.